The summed E-state index contributed by atoms with van der Waals surface area (Å²) < 4.78 is 4.67. The van der Waals surface area contributed by atoms with E-state index in [1.54, 1.807) is 0 Å². The molecule has 5 N–H and O–H groups in total. The van der Waals surface area contributed by atoms with Crippen molar-refractivity contribution in [1.82, 2.24) is 0 Å². The fourth-order valence-electron chi connectivity index (χ4n) is 1.48. The predicted molar refractivity (Wildman–Crippen MR) is 40.8 cm³/mol. The van der Waals surface area contributed by atoms with Crippen molar-refractivity contribution in [3.05, 3.63) is 0 Å². The second kappa shape index (κ2) is 3.87. The quantitative estimate of drug-likeness (QED) is 0.301. The lowest BCUT2D eigenvalue weighted by atomic mass is 9.85. The molecular weight excluding hydrogens is 180 g/mol. The highest BCUT2D eigenvalue weighted by Crippen LogP contribution is 2.23. The van der Waals surface area contributed by atoms with Crippen LogP contribution in [0.2, 0.25) is 0 Å². The van der Waals surface area contributed by atoms with Crippen LogP contribution in [0.1, 0.15) is 0 Å². The molecule has 1 rings (SSSR count). The molecule has 6 nitrogen and oxygen atoms in total. The van der Waals surface area contributed by atoms with Crippen LogP contribution in [0.25, 0.3) is 0 Å². The summed E-state index contributed by atoms with van der Waals surface area (Å²) in [5.74, 6) is 0. The molecule has 1 saturated carbocycles. The van der Waals surface area contributed by atoms with Crippen molar-refractivity contribution in [2.24, 2.45) is 0 Å². The SMILES string of the molecule is CO[C@H]1[C@@H](O)[C@H](O)[C@@H](O)[C@@H](O)[C@@H]1O. The molecule has 0 amide bonds. The molecule has 0 aliphatic heterocycles. The lowest BCUT2D eigenvalue weighted by molar-refractivity contribution is -0.229. The molecule has 78 valence electrons. The average molecular weight is 194 g/mol. The standard InChI is InChI=1S/C7H14O6/c1-13-7-5(11)3(9)2(8)4(10)6(7)12/h2-12H,1H3/t2-,3-,4-,5+,6+,7+/m1/s1. The Bertz CT molecular complexity index is 158. The summed E-state index contributed by atoms with van der Waals surface area (Å²) in [5, 5.41) is 46.1. The highest BCUT2D eigenvalue weighted by Gasteiger charge is 2.48. The van der Waals surface area contributed by atoms with E-state index in [1.807, 2.05) is 0 Å². The summed E-state index contributed by atoms with van der Waals surface area (Å²) >= 11 is 0. The Morgan fingerprint density at radius 3 is 1.31 bits per heavy atom. The van der Waals surface area contributed by atoms with Crippen LogP contribution in [0.4, 0.5) is 0 Å². The number of ether oxygens (including phenoxy) is 1. The monoisotopic (exact) mass is 194 g/mol. The minimum absolute atomic E-state index is 1.09. The Morgan fingerprint density at radius 1 is 0.692 bits per heavy atom. The van der Waals surface area contributed by atoms with E-state index >= 15 is 0 Å². The second-order valence-corrected chi connectivity index (χ2v) is 3.15. The molecule has 0 unspecified atom stereocenters. The number of hydrogen-bond donors (Lipinski definition) is 5. The van der Waals surface area contributed by atoms with Gasteiger partial charge in [0, 0.05) is 7.11 Å². The summed E-state index contributed by atoms with van der Waals surface area (Å²) in [6, 6.07) is 0. The van der Waals surface area contributed by atoms with Crippen LogP contribution in [0.3, 0.4) is 0 Å². The third-order valence-corrected chi connectivity index (χ3v) is 2.35. The second-order valence-electron chi connectivity index (χ2n) is 3.15. The zero-order valence-corrected chi connectivity index (χ0v) is 7.11. The summed E-state index contributed by atoms with van der Waals surface area (Å²) in [6.07, 6.45) is -8.48. The van der Waals surface area contributed by atoms with Crippen molar-refractivity contribution in [3.8, 4) is 0 Å². The van der Waals surface area contributed by atoms with E-state index in [9.17, 15) is 20.4 Å². The minimum Gasteiger partial charge on any atom is -0.387 e. The lowest BCUT2D eigenvalue weighted by Gasteiger charge is -2.40. The Kier molecular flexibility index (Phi) is 3.23. The van der Waals surface area contributed by atoms with Crippen molar-refractivity contribution < 1.29 is 30.3 Å². The first-order valence-corrected chi connectivity index (χ1v) is 3.93. The Morgan fingerprint density at radius 2 is 1.00 bits per heavy atom. The van der Waals surface area contributed by atoms with Gasteiger partial charge in [-0.05, 0) is 0 Å². The molecule has 1 fully saturated rings. The van der Waals surface area contributed by atoms with Crippen LogP contribution in [0.15, 0.2) is 0 Å². The molecule has 13 heavy (non-hydrogen) atoms. The van der Waals surface area contributed by atoms with E-state index in [4.69, 9.17) is 5.11 Å². The highest BCUT2D eigenvalue weighted by atomic mass is 16.5. The van der Waals surface area contributed by atoms with Gasteiger partial charge in [-0.1, -0.05) is 0 Å². The van der Waals surface area contributed by atoms with Gasteiger partial charge < -0.3 is 30.3 Å². The van der Waals surface area contributed by atoms with Gasteiger partial charge in [0.25, 0.3) is 0 Å². The molecule has 1 aliphatic rings. The largest absolute Gasteiger partial charge is 0.387 e. The van der Waals surface area contributed by atoms with Gasteiger partial charge in [0.05, 0.1) is 0 Å². The number of aliphatic hydroxyl groups excluding tert-OH is 5. The van der Waals surface area contributed by atoms with Gasteiger partial charge in [-0.3, -0.25) is 0 Å². The van der Waals surface area contributed by atoms with Crippen molar-refractivity contribution in [3.63, 3.8) is 0 Å². The van der Waals surface area contributed by atoms with Gasteiger partial charge in [0.1, 0.15) is 36.6 Å². The van der Waals surface area contributed by atoms with Crippen molar-refractivity contribution in [1.29, 1.82) is 0 Å². The van der Waals surface area contributed by atoms with E-state index in [2.05, 4.69) is 4.74 Å². The van der Waals surface area contributed by atoms with Gasteiger partial charge in [0.2, 0.25) is 0 Å². The Balaban J connectivity index is 2.79. The van der Waals surface area contributed by atoms with Crippen LogP contribution >= 0.6 is 0 Å². The predicted octanol–water partition coefficient (Wildman–Crippen LogP) is -3.18. The van der Waals surface area contributed by atoms with Crippen molar-refractivity contribution in [2.75, 3.05) is 7.11 Å². The topological polar surface area (TPSA) is 110 Å². The van der Waals surface area contributed by atoms with E-state index in [1.165, 1.54) is 7.11 Å². The first-order chi connectivity index (χ1) is 6.00. The molecule has 6 heteroatoms. The molecule has 0 radical (unpaired) electrons. The van der Waals surface area contributed by atoms with Crippen LogP contribution < -0.4 is 0 Å². The molecule has 0 saturated heterocycles. The van der Waals surface area contributed by atoms with Crippen molar-refractivity contribution in [2.45, 2.75) is 36.6 Å². The van der Waals surface area contributed by atoms with Crippen LogP contribution in [0.5, 0.6) is 0 Å². The van der Waals surface area contributed by atoms with E-state index < -0.39 is 36.6 Å². The van der Waals surface area contributed by atoms with Gasteiger partial charge in [-0.2, -0.15) is 0 Å². The Labute approximate surface area is 75.0 Å². The normalized spacial score (nSPS) is 52.2. The Hall–Kier alpha value is -0.240. The molecule has 4 atom stereocenters. The molecular formula is C7H14O6. The van der Waals surface area contributed by atoms with Crippen LogP contribution in [0, 0.1) is 0 Å². The molecule has 0 aromatic rings. The highest BCUT2D eigenvalue weighted by molar-refractivity contribution is 4.99. The molecule has 0 heterocycles. The van der Waals surface area contributed by atoms with Gasteiger partial charge in [0.15, 0.2) is 0 Å². The van der Waals surface area contributed by atoms with Gasteiger partial charge in [-0.25, -0.2) is 0 Å². The third-order valence-electron chi connectivity index (χ3n) is 2.35. The molecule has 0 aromatic heterocycles. The third kappa shape index (κ3) is 1.69. The molecule has 0 aromatic carbocycles. The zero-order valence-electron chi connectivity index (χ0n) is 7.11. The number of rotatable bonds is 1. The smallest absolute Gasteiger partial charge is 0.114 e. The zero-order chi connectivity index (χ0) is 10.2. The molecule has 0 bridgehead atoms. The van der Waals surface area contributed by atoms with Crippen LogP contribution in [-0.2, 0) is 4.74 Å². The summed E-state index contributed by atoms with van der Waals surface area (Å²) in [5.41, 5.74) is 0. The van der Waals surface area contributed by atoms with E-state index in [0.717, 1.165) is 0 Å². The fourth-order valence-corrected chi connectivity index (χ4v) is 1.48. The number of aliphatic hydroxyl groups is 5. The summed E-state index contributed by atoms with van der Waals surface area (Å²) in [6.45, 7) is 0. The lowest BCUT2D eigenvalue weighted by Crippen LogP contribution is -2.64. The van der Waals surface area contributed by atoms with E-state index in [0.29, 0.717) is 0 Å². The first kappa shape index (κ1) is 10.8. The molecule has 1 aliphatic carbocycles. The maximum atomic E-state index is 9.29. The number of hydrogen-bond acceptors (Lipinski definition) is 6. The maximum absolute atomic E-state index is 9.29. The summed E-state index contributed by atoms with van der Waals surface area (Å²) in [4.78, 5) is 0. The minimum atomic E-state index is -1.56. The van der Waals surface area contributed by atoms with Crippen LogP contribution in [-0.4, -0.2) is 69.3 Å². The maximum Gasteiger partial charge on any atom is 0.114 e. The first-order valence-electron chi connectivity index (χ1n) is 3.93. The average Bonchev–Trinajstić information content (AvgIpc) is 2.13. The summed E-state index contributed by atoms with van der Waals surface area (Å²) in [7, 11) is 1.23. The van der Waals surface area contributed by atoms with Crippen molar-refractivity contribution >= 4 is 0 Å². The molecule has 0 spiro atoms. The van der Waals surface area contributed by atoms with E-state index in [-0.39, 0.29) is 0 Å². The number of methoxy groups -OCH3 is 1. The van der Waals surface area contributed by atoms with Gasteiger partial charge in [-0.15, -0.1) is 0 Å². The van der Waals surface area contributed by atoms with Gasteiger partial charge >= 0.3 is 0 Å². The fraction of sp³-hybridized carbons (Fsp3) is 1.00.